The average molecular weight is 760 g/mol. The van der Waals surface area contributed by atoms with Crippen molar-refractivity contribution in [3.8, 4) is 22.6 Å². The lowest BCUT2D eigenvalue weighted by atomic mass is 10.0. The molecule has 0 aliphatic carbocycles. The summed E-state index contributed by atoms with van der Waals surface area (Å²) in [5.41, 5.74) is 13.1. The Morgan fingerprint density at radius 2 is 0.797 bits per heavy atom. The van der Waals surface area contributed by atoms with Crippen molar-refractivity contribution in [2.75, 3.05) is 14.7 Å². The van der Waals surface area contributed by atoms with Crippen LogP contribution in [-0.2, 0) is 0 Å². The zero-order chi connectivity index (χ0) is 39.1. The number of furan rings is 1. The number of ether oxygens (including phenoxy) is 1. The molecule has 0 spiro atoms. The second kappa shape index (κ2) is 14.5. The number of para-hydroxylation sites is 7. The van der Waals surface area contributed by atoms with Gasteiger partial charge in [-0.1, -0.05) is 121 Å². The molecule has 10 aromatic rings. The maximum absolute atomic E-state index is 6.51. The van der Waals surface area contributed by atoms with Crippen molar-refractivity contribution < 1.29 is 9.15 Å². The first kappa shape index (κ1) is 34.2. The van der Waals surface area contributed by atoms with Crippen LogP contribution < -0.4 is 19.4 Å². The van der Waals surface area contributed by atoms with Crippen molar-refractivity contribution in [3.63, 3.8) is 0 Å². The minimum atomic E-state index is 0.798. The highest BCUT2D eigenvalue weighted by Crippen LogP contribution is 2.53. The predicted molar refractivity (Wildman–Crippen MR) is 243 cm³/mol. The van der Waals surface area contributed by atoms with Gasteiger partial charge in [-0.2, -0.15) is 0 Å². The molecule has 0 saturated carbocycles. The number of anilines is 9. The molecule has 0 amide bonds. The molecule has 0 unspecified atom stereocenters. The molecule has 59 heavy (non-hydrogen) atoms. The fourth-order valence-electron chi connectivity index (χ4n) is 8.28. The molecule has 280 valence electrons. The van der Waals surface area contributed by atoms with Gasteiger partial charge in [0.25, 0.3) is 0 Å². The summed E-state index contributed by atoms with van der Waals surface area (Å²) in [5.74, 6) is 1.60. The van der Waals surface area contributed by atoms with Gasteiger partial charge in [-0.25, -0.2) is 0 Å². The van der Waals surface area contributed by atoms with Gasteiger partial charge in [-0.3, -0.25) is 0 Å². The highest BCUT2D eigenvalue weighted by atomic mass is 16.5. The number of benzene rings is 9. The summed E-state index contributed by atoms with van der Waals surface area (Å²) >= 11 is 0. The van der Waals surface area contributed by atoms with Gasteiger partial charge in [0.1, 0.15) is 11.2 Å². The van der Waals surface area contributed by atoms with Crippen LogP contribution in [0, 0.1) is 0 Å². The van der Waals surface area contributed by atoms with Crippen molar-refractivity contribution in [1.82, 2.24) is 0 Å². The summed E-state index contributed by atoms with van der Waals surface area (Å²) in [5, 5.41) is 2.14. The molecule has 5 heteroatoms. The van der Waals surface area contributed by atoms with Gasteiger partial charge in [-0.15, -0.1) is 0 Å². The van der Waals surface area contributed by atoms with Crippen molar-refractivity contribution in [1.29, 1.82) is 0 Å². The number of hydrogen-bond donors (Lipinski definition) is 0. The van der Waals surface area contributed by atoms with Crippen molar-refractivity contribution >= 4 is 73.1 Å². The standard InChI is InChI=1S/C54H37N3O2/c1-4-16-38(17-5-1)39-28-30-42(31-29-39)56(43-32-33-52-48(37-43)47-22-10-13-25-51(47)58-52)45-34-44(55(40-18-6-2-7-19-40)41-20-8-3-9-21-41)35-46(36-45)57-49-23-11-14-26-53(49)59-54-27-15-12-24-50(54)57/h1-37H. The van der Waals surface area contributed by atoms with Crippen LogP contribution in [0.25, 0.3) is 33.1 Å². The third-order valence-electron chi connectivity index (χ3n) is 11.0. The quantitative estimate of drug-likeness (QED) is 0.154. The molecular formula is C54H37N3O2. The van der Waals surface area contributed by atoms with Crippen LogP contribution in [0.1, 0.15) is 0 Å². The molecular weight excluding hydrogens is 723 g/mol. The van der Waals surface area contributed by atoms with E-state index in [1.165, 1.54) is 5.56 Å². The van der Waals surface area contributed by atoms with Crippen LogP contribution >= 0.6 is 0 Å². The van der Waals surface area contributed by atoms with Gasteiger partial charge >= 0.3 is 0 Å². The molecule has 0 bridgehead atoms. The summed E-state index contributed by atoms with van der Waals surface area (Å²) in [4.78, 5) is 7.00. The molecule has 0 atom stereocenters. The topological polar surface area (TPSA) is 32.1 Å². The molecule has 11 rings (SSSR count). The van der Waals surface area contributed by atoms with Gasteiger partial charge in [0.05, 0.1) is 28.4 Å². The normalized spacial score (nSPS) is 11.8. The maximum atomic E-state index is 6.51. The highest BCUT2D eigenvalue weighted by molar-refractivity contribution is 6.06. The van der Waals surface area contributed by atoms with E-state index in [0.717, 1.165) is 90.2 Å². The Bertz CT molecular complexity index is 3010. The molecule has 2 heterocycles. The van der Waals surface area contributed by atoms with Gasteiger partial charge < -0.3 is 23.9 Å². The minimum absolute atomic E-state index is 0.798. The maximum Gasteiger partial charge on any atom is 0.151 e. The van der Waals surface area contributed by atoms with Crippen molar-refractivity contribution in [2.24, 2.45) is 0 Å². The Balaban J connectivity index is 1.19. The Labute approximate surface area is 342 Å². The second-order valence-corrected chi connectivity index (χ2v) is 14.6. The van der Waals surface area contributed by atoms with E-state index in [1.807, 2.05) is 36.4 Å². The zero-order valence-electron chi connectivity index (χ0n) is 32.0. The third-order valence-corrected chi connectivity index (χ3v) is 11.0. The highest BCUT2D eigenvalue weighted by Gasteiger charge is 2.28. The SMILES string of the molecule is c1ccc(-c2ccc(N(c3cc(N(c4ccccc4)c4ccccc4)cc(N4c5ccccc5Oc5ccccc54)c3)c3ccc4oc5ccccc5c4c3)cc2)cc1. The van der Waals surface area contributed by atoms with Crippen LogP contribution in [-0.4, -0.2) is 0 Å². The smallest absolute Gasteiger partial charge is 0.151 e. The molecule has 0 saturated heterocycles. The summed E-state index contributed by atoms with van der Waals surface area (Å²) < 4.78 is 12.8. The van der Waals surface area contributed by atoms with E-state index in [-0.39, 0.29) is 0 Å². The molecule has 1 aromatic heterocycles. The molecule has 9 aromatic carbocycles. The van der Waals surface area contributed by atoms with Crippen molar-refractivity contribution in [3.05, 3.63) is 224 Å². The Morgan fingerprint density at radius 1 is 0.322 bits per heavy atom. The number of nitrogens with zero attached hydrogens (tertiary/aromatic N) is 3. The average Bonchev–Trinajstić information content (AvgIpc) is 3.68. The number of rotatable bonds is 8. The lowest BCUT2D eigenvalue weighted by Crippen LogP contribution is -2.18. The first-order valence-electron chi connectivity index (χ1n) is 19.8. The monoisotopic (exact) mass is 759 g/mol. The van der Waals surface area contributed by atoms with Gasteiger partial charge in [0.15, 0.2) is 11.5 Å². The van der Waals surface area contributed by atoms with Crippen LogP contribution in [0.15, 0.2) is 229 Å². The Hall–Kier alpha value is -8.02. The lowest BCUT2D eigenvalue weighted by Gasteiger charge is -2.35. The molecule has 0 radical (unpaired) electrons. The lowest BCUT2D eigenvalue weighted by molar-refractivity contribution is 0.477. The van der Waals surface area contributed by atoms with E-state index < -0.39 is 0 Å². The summed E-state index contributed by atoms with van der Waals surface area (Å²) in [7, 11) is 0. The third kappa shape index (κ3) is 6.22. The van der Waals surface area contributed by atoms with E-state index in [0.29, 0.717) is 0 Å². The van der Waals surface area contributed by atoms with E-state index in [4.69, 9.17) is 9.15 Å². The van der Waals surface area contributed by atoms with Gasteiger partial charge in [0, 0.05) is 33.5 Å². The molecule has 1 aliphatic heterocycles. The van der Waals surface area contributed by atoms with Gasteiger partial charge in [0.2, 0.25) is 0 Å². The first-order valence-corrected chi connectivity index (χ1v) is 19.8. The van der Waals surface area contributed by atoms with E-state index in [1.54, 1.807) is 0 Å². The van der Waals surface area contributed by atoms with Crippen LogP contribution in [0.5, 0.6) is 11.5 Å². The number of fused-ring (bicyclic) bond motifs is 5. The molecule has 1 aliphatic rings. The largest absolute Gasteiger partial charge is 0.456 e. The van der Waals surface area contributed by atoms with Crippen LogP contribution in [0.3, 0.4) is 0 Å². The van der Waals surface area contributed by atoms with Crippen LogP contribution in [0.2, 0.25) is 0 Å². The summed E-state index contributed by atoms with van der Waals surface area (Å²) in [6, 6.07) is 78.7. The van der Waals surface area contributed by atoms with E-state index in [2.05, 4.69) is 203 Å². The number of hydrogen-bond acceptors (Lipinski definition) is 5. The van der Waals surface area contributed by atoms with Crippen molar-refractivity contribution in [2.45, 2.75) is 0 Å². The molecule has 0 N–H and O–H groups in total. The van der Waals surface area contributed by atoms with E-state index >= 15 is 0 Å². The summed E-state index contributed by atoms with van der Waals surface area (Å²) in [6.45, 7) is 0. The fraction of sp³-hybridized carbons (Fsp3) is 0. The first-order chi connectivity index (χ1) is 29.2. The fourth-order valence-corrected chi connectivity index (χ4v) is 8.28. The minimum Gasteiger partial charge on any atom is -0.456 e. The molecule has 5 nitrogen and oxygen atoms in total. The Kier molecular flexibility index (Phi) is 8.41. The molecule has 0 fully saturated rings. The van der Waals surface area contributed by atoms with Gasteiger partial charge in [-0.05, 0) is 114 Å². The Morgan fingerprint density at radius 3 is 1.44 bits per heavy atom. The van der Waals surface area contributed by atoms with E-state index in [9.17, 15) is 0 Å². The summed E-state index contributed by atoms with van der Waals surface area (Å²) in [6.07, 6.45) is 0. The predicted octanol–water partition coefficient (Wildman–Crippen LogP) is 15.8. The van der Waals surface area contributed by atoms with Crippen LogP contribution in [0.4, 0.5) is 51.2 Å². The second-order valence-electron chi connectivity index (χ2n) is 14.6. The zero-order valence-corrected chi connectivity index (χ0v) is 32.0.